The molecule has 0 unspecified atom stereocenters. The number of hydrogen-bond acceptors (Lipinski definition) is 5. The van der Waals surface area contributed by atoms with Gasteiger partial charge in [0.25, 0.3) is 0 Å². The number of carbonyl (C=O) groups excluding carboxylic acids is 1. The Hall–Kier alpha value is -1.55. The minimum absolute atomic E-state index is 0.157. The van der Waals surface area contributed by atoms with Gasteiger partial charge in [-0.05, 0) is 82.1 Å². The molecule has 1 amide bonds. The number of rotatable bonds is 6. The average Bonchev–Trinajstić information content (AvgIpc) is 3.44. The maximum absolute atomic E-state index is 12.9. The van der Waals surface area contributed by atoms with Crippen molar-refractivity contribution in [3.8, 4) is 0 Å². The molecule has 36 heavy (non-hydrogen) atoms. The summed E-state index contributed by atoms with van der Waals surface area (Å²) in [7, 11) is 0. The Morgan fingerprint density at radius 1 is 1.14 bits per heavy atom. The molecule has 1 aliphatic heterocycles. The van der Waals surface area contributed by atoms with Gasteiger partial charge in [-0.3, -0.25) is 9.48 Å². The van der Waals surface area contributed by atoms with Crippen LogP contribution in [0.3, 0.4) is 0 Å². The maximum atomic E-state index is 12.9. The molecule has 196 valence electrons. The third-order valence-corrected chi connectivity index (χ3v) is 11.4. The van der Waals surface area contributed by atoms with Gasteiger partial charge in [-0.25, -0.2) is 4.98 Å². The lowest BCUT2D eigenvalue weighted by molar-refractivity contribution is -0.142. The van der Waals surface area contributed by atoms with E-state index in [9.17, 15) is 18.0 Å². The summed E-state index contributed by atoms with van der Waals surface area (Å²) in [5.41, 5.74) is 0.587. The van der Waals surface area contributed by atoms with E-state index in [2.05, 4.69) is 22.2 Å². The fourth-order valence-corrected chi connectivity index (χ4v) is 10.2. The fourth-order valence-electron chi connectivity index (χ4n) is 7.42. The van der Waals surface area contributed by atoms with Gasteiger partial charge in [-0.1, -0.05) is 0 Å². The standard InChI is InChI=1S/C26H33F3N4OS2/c1-16-6-22(26(27,28)29)31-33(16)13-23(34)32-4-2-20(3-5-32)24-30-21(14-35-24)15-36-25-10-17-7-18(11-25)9-19(8-17)12-25/h6,14,17-20H,2-5,7-13,15H2,1H3. The van der Waals surface area contributed by atoms with Crippen LogP contribution >= 0.6 is 23.1 Å². The first-order chi connectivity index (χ1) is 17.2. The summed E-state index contributed by atoms with van der Waals surface area (Å²) in [4.78, 5) is 19.5. The normalized spacial score (nSPS) is 30.3. The number of amides is 1. The smallest absolute Gasteiger partial charge is 0.341 e. The first-order valence-corrected chi connectivity index (χ1v) is 15.0. The van der Waals surface area contributed by atoms with Crippen molar-refractivity contribution in [2.24, 2.45) is 17.8 Å². The van der Waals surface area contributed by atoms with E-state index < -0.39 is 11.9 Å². The molecule has 10 heteroatoms. The van der Waals surface area contributed by atoms with Crippen molar-refractivity contribution in [2.75, 3.05) is 13.1 Å². The highest BCUT2D eigenvalue weighted by Gasteiger charge is 2.51. The number of carbonyl (C=O) groups is 1. The van der Waals surface area contributed by atoms with E-state index in [0.29, 0.717) is 29.4 Å². The Labute approximate surface area is 218 Å². The van der Waals surface area contributed by atoms with Crippen LogP contribution in [0.5, 0.6) is 0 Å². The van der Waals surface area contributed by atoms with Gasteiger partial charge in [-0.15, -0.1) is 23.1 Å². The number of nitrogens with zero attached hydrogens (tertiary/aromatic N) is 4. The van der Waals surface area contributed by atoms with E-state index in [4.69, 9.17) is 4.98 Å². The Balaban J connectivity index is 1.00. The predicted octanol–water partition coefficient (Wildman–Crippen LogP) is 6.28. The molecule has 0 aromatic carbocycles. The summed E-state index contributed by atoms with van der Waals surface area (Å²) >= 11 is 3.91. The molecule has 0 radical (unpaired) electrons. The van der Waals surface area contributed by atoms with Gasteiger partial charge in [-0.2, -0.15) is 18.3 Å². The van der Waals surface area contributed by atoms with Gasteiger partial charge in [0.2, 0.25) is 5.91 Å². The number of likely N-dealkylation sites (tertiary alicyclic amines) is 1. The lowest BCUT2D eigenvalue weighted by Gasteiger charge is -2.56. The third-order valence-electron chi connectivity index (χ3n) is 8.83. The largest absolute Gasteiger partial charge is 0.435 e. The summed E-state index contributed by atoms with van der Waals surface area (Å²) in [5.74, 6) is 4.06. The first-order valence-electron chi connectivity index (χ1n) is 13.1. The van der Waals surface area contributed by atoms with E-state index in [1.807, 2.05) is 0 Å². The zero-order chi connectivity index (χ0) is 25.1. The Morgan fingerprint density at radius 3 is 2.36 bits per heavy atom. The molecular weight excluding hydrogens is 505 g/mol. The number of aromatic nitrogens is 3. The monoisotopic (exact) mass is 538 g/mol. The fraction of sp³-hybridized carbons (Fsp3) is 0.731. The molecule has 5 nitrogen and oxygen atoms in total. The summed E-state index contributed by atoms with van der Waals surface area (Å²) in [6.45, 7) is 2.60. The number of thioether (sulfide) groups is 1. The third kappa shape index (κ3) is 4.96. The summed E-state index contributed by atoms with van der Waals surface area (Å²) in [5, 5.41) is 6.98. The molecule has 0 spiro atoms. The quantitative estimate of drug-likeness (QED) is 0.435. The summed E-state index contributed by atoms with van der Waals surface area (Å²) < 4.78 is 40.4. The van der Waals surface area contributed by atoms with Crippen LogP contribution in [0.4, 0.5) is 13.2 Å². The van der Waals surface area contributed by atoms with Gasteiger partial charge >= 0.3 is 6.18 Å². The number of alkyl halides is 3. The zero-order valence-electron chi connectivity index (χ0n) is 20.6. The first kappa shape index (κ1) is 24.8. The SMILES string of the molecule is Cc1cc(C(F)(F)F)nn1CC(=O)N1CCC(c2nc(CSC34CC5CC(CC(C5)C3)C4)cs2)CC1. The molecule has 2 aromatic heterocycles. The van der Waals surface area contributed by atoms with Gasteiger partial charge < -0.3 is 4.90 Å². The van der Waals surface area contributed by atoms with Crippen LogP contribution in [0, 0.1) is 24.7 Å². The molecule has 5 fully saturated rings. The van der Waals surface area contributed by atoms with E-state index in [0.717, 1.165) is 47.1 Å². The highest BCUT2D eigenvalue weighted by atomic mass is 32.2. The lowest BCUT2D eigenvalue weighted by atomic mass is 9.56. The molecule has 0 atom stereocenters. The molecule has 3 heterocycles. The molecular formula is C26H33F3N4OS2. The van der Waals surface area contributed by atoms with Crippen LogP contribution in [0.2, 0.25) is 0 Å². The second-order valence-corrected chi connectivity index (χ2v) is 13.9. The number of halogens is 3. The minimum atomic E-state index is -4.50. The highest BCUT2D eigenvalue weighted by molar-refractivity contribution is 7.99. The average molecular weight is 539 g/mol. The predicted molar refractivity (Wildman–Crippen MR) is 135 cm³/mol. The molecule has 0 N–H and O–H groups in total. The van der Waals surface area contributed by atoms with Crippen molar-refractivity contribution in [2.45, 2.75) is 87.4 Å². The van der Waals surface area contributed by atoms with Crippen molar-refractivity contribution in [1.29, 1.82) is 0 Å². The van der Waals surface area contributed by atoms with Crippen LogP contribution in [0.25, 0.3) is 0 Å². The Morgan fingerprint density at radius 2 is 1.78 bits per heavy atom. The van der Waals surface area contributed by atoms with Crippen LogP contribution < -0.4 is 0 Å². The van der Waals surface area contributed by atoms with Crippen LogP contribution in [-0.4, -0.2) is 43.4 Å². The summed E-state index contributed by atoms with van der Waals surface area (Å²) in [6, 6.07) is 0.987. The van der Waals surface area contributed by atoms with Gasteiger partial charge in [0.1, 0.15) is 6.54 Å². The van der Waals surface area contributed by atoms with Crippen molar-refractivity contribution in [3.05, 3.63) is 33.5 Å². The van der Waals surface area contributed by atoms with Crippen LogP contribution in [0.1, 0.15) is 79.4 Å². The number of piperidine rings is 1. The van der Waals surface area contributed by atoms with Crippen LogP contribution in [0.15, 0.2) is 11.4 Å². The van der Waals surface area contributed by atoms with Crippen molar-refractivity contribution in [1.82, 2.24) is 19.7 Å². The number of hydrogen-bond donors (Lipinski definition) is 0. The zero-order valence-corrected chi connectivity index (χ0v) is 22.2. The van der Waals surface area contributed by atoms with E-state index >= 15 is 0 Å². The molecule has 1 saturated heterocycles. The van der Waals surface area contributed by atoms with Crippen LogP contribution in [-0.2, 0) is 23.3 Å². The van der Waals surface area contributed by atoms with Crippen molar-refractivity contribution >= 4 is 29.0 Å². The lowest BCUT2D eigenvalue weighted by Crippen LogP contribution is -2.48. The van der Waals surface area contributed by atoms with E-state index in [1.165, 1.54) is 49.2 Å². The molecule has 4 aliphatic carbocycles. The number of aryl methyl sites for hydroxylation is 1. The molecule has 5 aliphatic rings. The second kappa shape index (κ2) is 9.33. The summed E-state index contributed by atoms with van der Waals surface area (Å²) in [6.07, 6.45) is 5.80. The van der Waals surface area contributed by atoms with Gasteiger partial charge in [0.05, 0.1) is 10.7 Å². The van der Waals surface area contributed by atoms with Crippen molar-refractivity contribution in [3.63, 3.8) is 0 Å². The minimum Gasteiger partial charge on any atom is -0.341 e. The molecule has 2 aromatic rings. The molecule has 4 bridgehead atoms. The second-order valence-electron chi connectivity index (χ2n) is 11.5. The van der Waals surface area contributed by atoms with Crippen molar-refractivity contribution < 1.29 is 18.0 Å². The van der Waals surface area contributed by atoms with Gasteiger partial charge in [0.15, 0.2) is 5.69 Å². The molecule has 7 rings (SSSR count). The Kier molecular flexibility index (Phi) is 6.42. The highest BCUT2D eigenvalue weighted by Crippen LogP contribution is 2.61. The molecule has 4 saturated carbocycles. The topological polar surface area (TPSA) is 51.0 Å². The number of thiazole rings is 1. The van der Waals surface area contributed by atoms with Gasteiger partial charge in [0, 0.05) is 40.6 Å². The van der Waals surface area contributed by atoms with E-state index in [1.54, 1.807) is 23.2 Å². The van der Waals surface area contributed by atoms with E-state index in [-0.39, 0.29) is 12.5 Å². The maximum Gasteiger partial charge on any atom is 0.435 e. The Bertz CT molecular complexity index is 1080.